The molecule has 1 amide bonds. The molecule has 1 aromatic carbocycles. The molecule has 108 valence electrons. The predicted molar refractivity (Wildman–Crippen MR) is 74.4 cm³/mol. The van der Waals surface area contributed by atoms with Gasteiger partial charge in [0.25, 0.3) is 0 Å². The van der Waals surface area contributed by atoms with Gasteiger partial charge in [0.1, 0.15) is 6.10 Å². The summed E-state index contributed by atoms with van der Waals surface area (Å²) in [4.78, 5) is 11.9. The number of carbonyl (C=O) groups is 1. The van der Waals surface area contributed by atoms with E-state index in [1.54, 1.807) is 18.2 Å². The number of hydrogen-bond donors (Lipinski definition) is 3. The molecule has 1 heterocycles. The van der Waals surface area contributed by atoms with Crippen molar-refractivity contribution in [2.75, 3.05) is 0 Å². The Hall–Kier alpha value is -2.08. The first-order valence-corrected chi connectivity index (χ1v) is 6.60. The Balaban J connectivity index is 1.92. The Morgan fingerprint density at radius 2 is 2.35 bits per heavy atom. The fourth-order valence-electron chi connectivity index (χ4n) is 2.20. The molecule has 1 aliphatic heterocycles. The van der Waals surface area contributed by atoms with Crippen LogP contribution in [-0.4, -0.2) is 29.2 Å². The van der Waals surface area contributed by atoms with E-state index in [2.05, 4.69) is 10.5 Å². The molecule has 1 fully saturated rings. The minimum absolute atomic E-state index is 0.0473. The minimum Gasteiger partial charge on any atom is -0.409 e. The van der Waals surface area contributed by atoms with E-state index in [4.69, 9.17) is 15.7 Å². The lowest BCUT2D eigenvalue weighted by Gasteiger charge is -2.12. The lowest BCUT2D eigenvalue weighted by molar-refractivity contribution is -0.131. The average molecular weight is 277 g/mol. The summed E-state index contributed by atoms with van der Waals surface area (Å²) in [6.45, 7) is 2.35. The number of carbonyl (C=O) groups excluding carboxylic acids is 1. The van der Waals surface area contributed by atoms with Crippen molar-refractivity contribution in [3.05, 3.63) is 35.4 Å². The number of oxime groups is 1. The Kier molecular flexibility index (Phi) is 4.57. The highest BCUT2D eigenvalue weighted by Crippen LogP contribution is 2.19. The largest absolute Gasteiger partial charge is 0.409 e. The monoisotopic (exact) mass is 277 g/mol. The lowest BCUT2D eigenvalue weighted by atomic mass is 10.1. The van der Waals surface area contributed by atoms with Crippen LogP contribution < -0.4 is 11.1 Å². The van der Waals surface area contributed by atoms with E-state index >= 15 is 0 Å². The van der Waals surface area contributed by atoms with Crippen molar-refractivity contribution in [2.45, 2.75) is 38.5 Å². The Labute approximate surface area is 117 Å². The summed E-state index contributed by atoms with van der Waals surface area (Å²) in [5, 5.41) is 14.4. The van der Waals surface area contributed by atoms with E-state index in [9.17, 15) is 4.79 Å². The maximum absolute atomic E-state index is 11.9. The molecule has 6 nitrogen and oxygen atoms in total. The van der Waals surface area contributed by atoms with Gasteiger partial charge < -0.3 is 21.0 Å². The van der Waals surface area contributed by atoms with Gasteiger partial charge in [0.15, 0.2) is 5.84 Å². The fraction of sp³-hybridized carbons (Fsp3) is 0.429. The van der Waals surface area contributed by atoms with Crippen LogP contribution in [0.2, 0.25) is 0 Å². The molecular formula is C14H19N3O3. The summed E-state index contributed by atoms with van der Waals surface area (Å²) in [6, 6.07) is 7.17. The summed E-state index contributed by atoms with van der Waals surface area (Å²) in [7, 11) is 0. The van der Waals surface area contributed by atoms with Crippen LogP contribution in [0.3, 0.4) is 0 Å². The number of nitrogens with two attached hydrogens (primary N) is 1. The molecule has 2 rings (SSSR count). The van der Waals surface area contributed by atoms with Crippen LogP contribution >= 0.6 is 0 Å². The van der Waals surface area contributed by atoms with Gasteiger partial charge in [-0.15, -0.1) is 0 Å². The first-order valence-electron chi connectivity index (χ1n) is 6.60. The number of hydrogen-bond acceptors (Lipinski definition) is 4. The molecule has 0 aromatic heterocycles. The van der Waals surface area contributed by atoms with Crippen LogP contribution in [0.1, 0.15) is 30.9 Å². The zero-order valence-electron chi connectivity index (χ0n) is 11.4. The van der Waals surface area contributed by atoms with E-state index in [1.807, 2.05) is 13.0 Å². The SMILES string of the molecule is CC1CCC(C(=O)NCc2cccc(/C(N)=N/O)c2)O1. The van der Waals surface area contributed by atoms with E-state index in [1.165, 1.54) is 0 Å². The van der Waals surface area contributed by atoms with Gasteiger partial charge >= 0.3 is 0 Å². The summed E-state index contributed by atoms with van der Waals surface area (Å²) < 4.78 is 5.51. The van der Waals surface area contributed by atoms with Crippen molar-refractivity contribution >= 4 is 11.7 Å². The van der Waals surface area contributed by atoms with Crippen LogP contribution in [0.25, 0.3) is 0 Å². The second-order valence-electron chi connectivity index (χ2n) is 4.92. The molecule has 1 aliphatic rings. The van der Waals surface area contributed by atoms with Gasteiger partial charge in [-0.3, -0.25) is 4.79 Å². The standard InChI is InChI=1S/C14H19N3O3/c1-9-5-6-12(20-9)14(18)16-8-10-3-2-4-11(7-10)13(15)17-19/h2-4,7,9,12,19H,5-6,8H2,1H3,(H2,15,17)(H,16,18). The molecule has 0 spiro atoms. The zero-order chi connectivity index (χ0) is 14.5. The van der Waals surface area contributed by atoms with Gasteiger partial charge in [-0.05, 0) is 31.4 Å². The van der Waals surface area contributed by atoms with Gasteiger partial charge in [0.05, 0.1) is 6.10 Å². The van der Waals surface area contributed by atoms with E-state index in [0.717, 1.165) is 18.4 Å². The highest BCUT2D eigenvalue weighted by molar-refractivity contribution is 5.97. The van der Waals surface area contributed by atoms with Crippen LogP contribution in [0.15, 0.2) is 29.4 Å². The molecular weight excluding hydrogens is 258 g/mol. The van der Waals surface area contributed by atoms with Gasteiger partial charge in [0, 0.05) is 12.1 Å². The third-order valence-corrected chi connectivity index (χ3v) is 3.32. The van der Waals surface area contributed by atoms with Crippen molar-refractivity contribution in [2.24, 2.45) is 10.9 Å². The van der Waals surface area contributed by atoms with Crippen LogP contribution in [0.5, 0.6) is 0 Å². The van der Waals surface area contributed by atoms with Crippen molar-refractivity contribution in [1.82, 2.24) is 5.32 Å². The number of ether oxygens (including phenoxy) is 1. The smallest absolute Gasteiger partial charge is 0.249 e. The topological polar surface area (TPSA) is 96.9 Å². The van der Waals surface area contributed by atoms with Gasteiger partial charge in [-0.1, -0.05) is 23.4 Å². The Morgan fingerprint density at radius 3 is 3.00 bits per heavy atom. The first-order chi connectivity index (χ1) is 9.60. The number of nitrogens with one attached hydrogen (secondary N) is 1. The van der Waals surface area contributed by atoms with E-state index in [0.29, 0.717) is 12.1 Å². The molecule has 1 aromatic rings. The molecule has 0 saturated carbocycles. The quantitative estimate of drug-likeness (QED) is 0.330. The Bertz CT molecular complexity index is 516. The Morgan fingerprint density at radius 1 is 1.55 bits per heavy atom. The number of rotatable bonds is 4. The molecule has 6 heteroatoms. The van der Waals surface area contributed by atoms with Crippen molar-refractivity contribution in [3.63, 3.8) is 0 Å². The molecule has 4 N–H and O–H groups in total. The van der Waals surface area contributed by atoms with Gasteiger partial charge in [-0.25, -0.2) is 0 Å². The highest BCUT2D eigenvalue weighted by Gasteiger charge is 2.27. The van der Waals surface area contributed by atoms with Crippen LogP contribution in [0.4, 0.5) is 0 Å². The van der Waals surface area contributed by atoms with Crippen LogP contribution in [0, 0.1) is 0 Å². The molecule has 2 unspecified atom stereocenters. The molecule has 0 bridgehead atoms. The van der Waals surface area contributed by atoms with Crippen molar-refractivity contribution in [1.29, 1.82) is 0 Å². The minimum atomic E-state index is -0.350. The maximum Gasteiger partial charge on any atom is 0.249 e. The molecule has 0 radical (unpaired) electrons. The van der Waals surface area contributed by atoms with E-state index < -0.39 is 0 Å². The predicted octanol–water partition coefficient (Wildman–Crippen LogP) is 0.965. The maximum atomic E-state index is 11.9. The lowest BCUT2D eigenvalue weighted by Crippen LogP contribution is -2.34. The highest BCUT2D eigenvalue weighted by atomic mass is 16.5. The number of nitrogens with zero attached hydrogens (tertiary/aromatic N) is 1. The fourth-order valence-corrected chi connectivity index (χ4v) is 2.20. The number of amides is 1. The third-order valence-electron chi connectivity index (χ3n) is 3.32. The van der Waals surface area contributed by atoms with Gasteiger partial charge in [-0.2, -0.15) is 0 Å². The first kappa shape index (κ1) is 14.3. The van der Waals surface area contributed by atoms with Crippen LogP contribution in [-0.2, 0) is 16.1 Å². The second-order valence-corrected chi connectivity index (χ2v) is 4.92. The number of amidine groups is 1. The molecule has 1 saturated heterocycles. The normalized spacial score (nSPS) is 22.8. The van der Waals surface area contributed by atoms with Gasteiger partial charge in [0.2, 0.25) is 5.91 Å². The summed E-state index contributed by atoms with van der Waals surface area (Å²) >= 11 is 0. The average Bonchev–Trinajstić information content (AvgIpc) is 2.91. The summed E-state index contributed by atoms with van der Waals surface area (Å²) in [6.07, 6.45) is 1.47. The zero-order valence-corrected chi connectivity index (χ0v) is 11.4. The molecule has 0 aliphatic carbocycles. The molecule has 20 heavy (non-hydrogen) atoms. The van der Waals surface area contributed by atoms with Crippen molar-refractivity contribution < 1.29 is 14.7 Å². The summed E-state index contributed by atoms with van der Waals surface area (Å²) in [5.41, 5.74) is 7.03. The third kappa shape index (κ3) is 3.48. The number of benzene rings is 1. The van der Waals surface area contributed by atoms with Crippen molar-refractivity contribution in [3.8, 4) is 0 Å². The summed E-state index contributed by atoms with van der Waals surface area (Å²) in [5.74, 6) is -0.0466. The molecule has 2 atom stereocenters. The second kappa shape index (κ2) is 6.38. The van der Waals surface area contributed by atoms with E-state index in [-0.39, 0.29) is 24.0 Å².